The highest BCUT2D eigenvalue weighted by Crippen LogP contribution is 2.29. The second kappa shape index (κ2) is 13.6. The third-order valence-corrected chi connectivity index (χ3v) is 6.02. The van der Waals surface area contributed by atoms with E-state index < -0.39 is 0 Å². The van der Waals surface area contributed by atoms with Crippen LogP contribution in [-0.4, -0.2) is 75.6 Å². The van der Waals surface area contributed by atoms with Crippen molar-refractivity contribution in [2.45, 2.75) is 50.9 Å². The Morgan fingerprint density at radius 2 is 1.97 bits per heavy atom. The molecule has 2 aliphatic heterocycles. The molecule has 3 aromatic rings. The summed E-state index contributed by atoms with van der Waals surface area (Å²) in [7, 11) is 2.00. The number of ether oxygens (including phenoxy) is 2. The van der Waals surface area contributed by atoms with E-state index in [9.17, 15) is 9.59 Å². The summed E-state index contributed by atoms with van der Waals surface area (Å²) in [5.41, 5.74) is 3.30. The largest absolute Gasteiger partial charge is 0.474 e. The molecule has 1 unspecified atom stereocenters. The zero-order chi connectivity index (χ0) is 25.9. The Morgan fingerprint density at radius 3 is 2.72 bits per heavy atom. The molecule has 0 spiro atoms. The summed E-state index contributed by atoms with van der Waals surface area (Å²) in [5, 5.41) is 18.5. The number of rotatable bonds is 5. The summed E-state index contributed by atoms with van der Waals surface area (Å²) >= 11 is 0. The van der Waals surface area contributed by atoms with Gasteiger partial charge in [0, 0.05) is 33.1 Å². The van der Waals surface area contributed by atoms with Crippen molar-refractivity contribution in [2.75, 3.05) is 32.3 Å². The second-order valence-corrected chi connectivity index (χ2v) is 8.12. The molecule has 3 aromatic heterocycles. The van der Waals surface area contributed by atoms with Gasteiger partial charge in [-0.2, -0.15) is 5.10 Å². The average Bonchev–Trinajstić information content (AvgIpc) is 3.36. The molecule has 2 N–H and O–H groups in total. The first-order valence-corrected chi connectivity index (χ1v) is 11.9. The number of carbonyl (C=O) groups excluding carboxylic acids is 2. The number of aldehydes is 1. The van der Waals surface area contributed by atoms with Crippen LogP contribution in [0.2, 0.25) is 0 Å². The van der Waals surface area contributed by atoms with Crippen LogP contribution in [-0.2, 0) is 20.7 Å². The van der Waals surface area contributed by atoms with Crippen LogP contribution >= 0.6 is 0 Å². The molecule has 1 saturated heterocycles. The maximum absolute atomic E-state index is 12.9. The molecule has 0 aromatic carbocycles. The van der Waals surface area contributed by atoms with Gasteiger partial charge in [-0.25, -0.2) is 9.67 Å². The summed E-state index contributed by atoms with van der Waals surface area (Å²) in [6.45, 7) is 0.744. The Balaban J connectivity index is 0.000000861. The Morgan fingerprint density at radius 1 is 1.14 bits per heavy atom. The van der Waals surface area contributed by atoms with E-state index in [1.54, 1.807) is 18.6 Å². The predicted octanol–water partition coefficient (Wildman–Crippen LogP) is 2.06. The van der Waals surface area contributed by atoms with Crippen molar-refractivity contribution in [2.24, 2.45) is 0 Å². The Hall–Kier alpha value is -3.41. The molecule has 0 bridgehead atoms. The molecule has 11 nitrogen and oxygen atoms in total. The number of nitrogens with zero attached hydrogens (tertiary/aromatic N) is 5. The lowest BCUT2D eigenvalue weighted by atomic mass is 10.0. The number of hydrogen-bond donors (Lipinski definition) is 2. The zero-order valence-electron chi connectivity index (χ0n) is 20.6. The van der Waals surface area contributed by atoms with Gasteiger partial charge in [-0.05, 0) is 49.8 Å². The van der Waals surface area contributed by atoms with Gasteiger partial charge >= 0.3 is 0 Å². The lowest BCUT2D eigenvalue weighted by molar-refractivity contribution is -0.121. The van der Waals surface area contributed by atoms with E-state index in [2.05, 4.69) is 15.1 Å². The van der Waals surface area contributed by atoms with E-state index in [1.165, 1.54) is 4.90 Å². The van der Waals surface area contributed by atoms with E-state index in [4.69, 9.17) is 19.7 Å². The molecule has 0 aliphatic carbocycles. The van der Waals surface area contributed by atoms with E-state index in [0.717, 1.165) is 63.0 Å². The number of amides is 1. The number of hydrogen-bond acceptors (Lipinski definition) is 9. The number of carbonyl (C=O) groups is 2. The summed E-state index contributed by atoms with van der Waals surface area (Å²) in [6, 6.07) is 5.63. The lowest BCUT2D eigenvalue weighted by Gasteiger charge is -2.28. The monoisotopic (exact) mass is 499 g/mol. The zero-order valence-corrected chi connectivity index (χ0v) is 20.6. The van der Waals surface area contributed by atoms with Gasteiger partial charge in [0.05, 0.1) is 36.6 Å². The SMILES string of the molecule is CO.CO.O=CCN1C(=O)C[C@H](Oc2ccc3c(cnn3C3CCCCO3)n2)CCc2ccncc21. The topological polar surface area (TPSA) is 140 Å². The molecule has 1 fully saturated rings. The van der Waals surface area contributed by atoms with Gasteiger partial charge in [-0.15, -0.1) is 0 Å². The smallest absolute Gasteiger partial charge is 0.231 e. The highest BCUT2D eigenvalue weighted by atomic mass is 16.5. The minimum Gasteiger partial charge on any atom is -0.474 e. The van der Waals surface area contributed by atoms with Gasteiger partial charge in [0.15, 0.2) is 6.23 Å². The first-order chi connectivity index (χ1) is 17.7. The van der Waals surface area contributed by atoms with Crippen molar-refractivity contribution in [3.63, 3.8) is 0 Å². The van der Waals surface area contributed by atoms with Gasteiger partial charge in [-0.3, -0.25) is 9.78 Å². The average molecular weight is 500 g/mol. The lowest BCUT2D eigenvalue weighted by Crippen LogP contribution is -2.38. The maximum Gasteiger partial charge on any atom is 0.231 e. The molecule has 194 valence electrons. The van der Waals surface area contributed by atoms with Crippen molar-refractivity contribution in [3.8, 4) is 5.88 Å². The van der Waals surface area contributed by atoms with Crippen LogP contribution in [0.4, 0.5) is 5.69 Å². The van der Waals surface area contributed by atoms with E-state index >= 15 is 0 Å². The van der Waals surface area contributed by atoms with Gasteiger partial charge in [0.25, 0.3) is 0 Å². The highest BCUT2D eigenvalue weighted by Gasteiger charge is 2.27. The van der Waals surface area contributed by atoms with Crippen LogP contribution in [0, 0.1) is 0 Å². The molecule has 1 amide bonds. The Bertz CT molecular complexity index is 1130. The first kappa shape index (κ1) is 27.2. The Kier molecular flexibility index (Phi) is 10.3. The quantitative estimate of drug-likeness (QED) is 0.505. The number of anilines is 1. The molecule has 0 radical (unpaired) electrons. The van der Waals surface area contributed by atoms with Crippen molar-refractivity contribution >= 4 is 28.9 Å². The van der Waals surface area contributed by atoms with E-state index in [1.807, 2.05) is 22.9 Å². The highest BCUT2D eigenvalue weighted by molar-refractivity contribution is 5.96. The van der Waals surface area contributed by atoms with Gasteiger partial charge in [-0.1, -0.05) is 0 Å². The maximum atomic E-state index is 12.9. The summed E-state index contributed by atoms with van der Waals surface area (Å²) in [5.74, 6) is 0.288. The number of aliphatic hydroxyl groups is 2. The molecule has 36 heavy (non-hydrogen) atoms. The molecule has 5 rings (SSSR count). The number of pyridine rings is 2. The molecule has 2 aliphatic rings. The van der Waals surface area contributed by atoms with Gasteiger partial charge in [0.2, 0.25) is 11.8 Å². The Labute approximate surface area is 209 Å². The molecule has 2 atom stereocenters. The van der Waals surface area contributed by atoms with Crippen LogP contribution < -0.4 is 9.64 Å². The summed E-state index contributed by atoms with van der Waals surface area (Å²) < 4.78 is 13.9. The second-order valence-electron chi connectivity index (χ2n) is 8.12. The number of aromatic nitrogens is 4. The molecular weight excluding hydrogens is 466 g/mol. The number of fused-ring (bicyclic) bond motifs is 2. The third kappa shape index (κ3) is 6.23. The van der Waals surface area contributed by atoms with Crippen LogP contribution in [0.3, 0.4) is 0 Å². The van der Waals surface area contributed by atoms with E-state index in [0.29, 0.717) is 24.4 Å². The summed E-state index contributed by atoms with van der Waals surface area (Å²) in [6.07, 6.45) is 10.1. The molecule has 0 saturated carbocycles. The van der Waals surface area contributed by atoms with Crippen molar-refractivity contribution < 1.29 is 29.3 Å². The first-order valence-electron chi connectivity index (χ1n) is 11.9. The van der Waals surface area contributed by atoms with E-state index in [-0.39, 0.29) is 31.2 Å². The van der Waals surface area contributed by atoms with Gasteiger partial charge in [0.1, 0.15) is 17.9 Å². The van der Waals surface area contributed by atoms with Crippen molar-refractivity contribution in [3.05, 3.63) is 42.4 Å². The number of aliphatic hydroxyl groups excluding tert-OH is 2. The van der Waals surface area contributed by atoms with Crippen LogP contribution in [0.5, 0.6) is 5.88 Å². The molecular formula is C25H33N5O6. The fourth-order valence-corrected chi connectivity index (χ4v) is 4.40. The van der Waals surface area contributed by atoms with Crippen LogP contribution in [0.15, 0.2) is 36.8 Å². The predicted molar refractivity (Wildman–Crippen MR) is 133 cm³/mol. The minimum atomic E-state index is -0.348. The van der Waals surface area contributed by atoms with Crippen molar-refractivity contribution in [1.82, 2.24) is 19.7 Å². The van der Waals surface area contributed by atoms with Gasteiger partial charge < -0.3 is 29.4 Å². The van der Waals surface area contributed by atoms with Crippen molar-refractivity contribution in [1.29, 1.82) is 0 Å². The normalized spacial score (nSPS) is 19.6. The van der Waals surface area contributed by atoms with Crippen LogP contribution in [0.25, 0.3) is 11.0 Å². The summed E-state index contributed by atoms with van der Waals surface area (Å²) in [4.78, 5) is 34.3. The fourth-order valence-electron chi connectivity index (χ4n) is 4.40. The third-order valence-electron chi connectivity index (χ3n) is 6.02. The fraction of sp³-hybridized carbons (Fsp3) is 0.480. The minimum absolute atomic E-state index is 0.00310. The molecule has 5 heterocycles. The van der Waals surface area contributed by atoms with Crippen LogP contribution in [0.1, 0.15) is 43.9 Å². The molecule has 11 heteroatoms. The standard InChI is InChI=1S/C23H25N5O4.2CH4O/c29-11-10-27-20-15-24-9-8-16(20)4-5-17(13-22(27)30)32-21-7-6-19-18(26-21)14-25-28(19)23-3-1-2-12-31-23;2*1-2/h6-9,11,14-15,17,23H,1-5,10,12-13H2;2*2H,1H3/t17-,23?;;/m1../s1. The number of aryl methyl sites for hydroxylation is 1.